The van der Waals surface area contributed by atoms with Gasteiger partial charge in [-0.1, -0.05) is 12.1 Å². The molecule has 0 unspecified atom stereocenters. The highest BCUT2D eigenvalue weighted by Gasteiger charge is 2.41. The van der Waals surface area contributed by atoms with Crippen LogP contribution in [0.15, 0.2) is 41.2 Å². The Labute approximate surface area is 273 Å². The minimum absolute atomic E-state index is 0.0521. The Kier molecular flexibility index (Phi) is 8.56. The maximum atomic E-state index is 15.7. The summed E-state index contributed by atoms with van der Waals surface area (Å²) < 4.78 is 29.2. The molecule has 2 aromatic carbocycles. The fraction of sp³-hybridized carbons (Fsp3) is 0.543. The first-order valence-electron chi connectivity index (χ1n) is 16.4. The summed E-state index contributed by atoms with van der Waals surface area (Å²) >= 11 is 0. The fourth-order valence-electron chi connectivity index (χ4n) is 7.35. The molecule has 3 saturated heterocycles. The Morgan fingerprint density at radius 2 is 1.57 bits per heavy atom. The summed E-state index contributed by atoms with van der Waals surface area (Å²) in [5.74, 6) is -0.774. The average molecular weight is 650 g/mol. The molecule has 3 aliphatic heterocycles. The van der Waals surface area contributed by atoms with Crippen LogP contribution < -0.4 is 15.3 Å². The van der Waals surface area contributed by atoms with Crippen molar-refractivity contribution in [3.8, 4) is 5.75 Å². The number of methoxy groups -OCH3 is 1. The maximum absolute atomic E-state index is 15.7. The highest BCUT2D eigenvalue weighted by atomic mass is 19.1. The summed E-state index contributed by atoms with van der Waals surface area (Å²) in [5, 5.41) is 0. The van der Waals surface area contributed by atoms with Gasteiger partial charge in [0, 0.05) is 39.6 Å². The number of rotatable bonds is 5. The molecule has 3 amide bonds. The van der Waals surface area contributed by atoms with Crippen LogP contribution in [0.2, 0.25) is 0 Å². The number of amides is 3. The molecule has 1 aromatic heterocycles. The van der Waals surface area contributed by atoms with Crippen molar-refractivity contribution < 1.29 is 28.2 Å². The summed E-state index contributed by atoms with van der Waals surface area (Å²) in [6, 6.07) is 9.16. The van der Waals surface area contributed by atoms with Crippen molar-refractivity contribution >= 4 is 34.6 Å². The molecule has 3 aliphatic rings. The Morgan fingerprint density at radius 3 is 2.19 bits per heavy atom. The fourth-order valence-corrected chi connectivity index (χ4v) is 7.35. The lowest BCUT2D eigenvalue weighted by Crippen LogP contribution is -2.49. The van der Waals surface area contributed by atoms with Crippen LogP contribution in [0.3, 0.4) is 0 Å². The molecule has 252 valence electrons. The second-order valence-corrected chi connectivity index (χ2v) is 14.2. The number of carbonyl (C=O) groups is 3. The summed E-state index contributed by atoms with van der Waals surface area (Å²) in [6.07, 6.45) is 3.52. The number of aromatic nitrogens is 2. The van der Waals surface area contributed by atoms with Crippen LogP contribution >= 0.6 is 0 Å². The Bertz CT molecular complexity index is 1740. The molecule has 1 spiro atoms. The number of ether oxygens (including phenoxy) is 2. The number of aryl methyl sites for hydroxylation is 1. The van der Waals surface area contributed by atoms with E-state index in [1.165, 1.54) is 20.1 Å². The molecule has 4 heterocycles. The van der Waals surface area contributed by atoms with Gasteiger partial charge in [0.25, 0.3) is 5.91 Å². The number of anilines is 1. The number of hydrogen-bond donors (Lipinski definition) is 0. The number of piperidine rings is 3. The lowest BCUT2D eigenvalue weighted by atomic mass is 9.71. The first kappa shape index (κ1) is 32.6. The molecule has 3 aromatic rings. The highest BCUT2D eigenvalue weighted by Crippen LogP contribution is 2.43. The number of benzene rings is 2. The van der Waals surface area contributed by atoms with Crippen LogP contribution in [0, 0.1) is 11.2 Å². The molecule has 0 N–H and O–H groups in total. The van der Waals surface area contributed by atoms with Crippen molar-refractivity contribution in [2.45, 2.75) is 77.5 Å². The van der Waals surface area contributed by atoms with Gasteiger partial charge >= 0.3 is 11.8 Å². The van der Waals surface area contributed by atoms with Crippen LogP contribution in [0.5, 0.6) is 5.75 Å². The van der Waals surface area contributed by atoms with Gasteiger partial charge in [-0.15, -0.1) is 0 Å². The second kappa shape index (κ2) is 12.4. The summed E-state index contributed by atoms with van der Waals surface area (Å²) in [4.78, 5) is 58.3. The van der Waals surface area contributed by atoms with Crippen molar-refractivity contribution in [2.24, 2.45) is 12.5 Å². The zero-order valence-corrected chi connectivity index (χ0v) is 27.9. The normalized spacial score (nSPS) is 20.3. The Morgan fingerprint density at radius 1 is 0.936 bits per heavy atom. The van der Waals surface area contributed by atoms with Crippen LogP contribution in [0.4, 0.5) is 14.9 Å². The summed E-state index contributed by atoms with van der Waals surface area (Å²) in [7, 11) is 3.17. The molecule has 0 radical (unpaired) electrons. The molecule has 6 rings (SSSR count). The monoisotopic (exact) mass is 649 g/mol. The van der Waals surface area contributed by atoms with E-state index < -0.39 is 29.1 Å². The van der Waals surface area contributed by atoms with E-state index in [4.69, 9.17) is 9.47 Å². The number of imide groups is 1. The predicted molar refractivity (Wildman–Crippen MR) is 175 cm³/mol. The summed E-state index contributed by atoms with van der Waals surface area (Å²) in [6.45, 7) is 8.41. The van der Waals surface area contributed by atoms with Crippen LogP contribution in [0.25, 0.3) is 11.0 Å². The van der Waals surface area contributed by atoms with E-state index >= 15 is 4.39 Å². The molecule has 11 nitrogen and oxygen atoms in total. The zero-order valence-electron chi connectivity index (χ0n) is 27.9. The molecule has 12 heteroatoms. The van der Waals surface area contributed by atoms with Crippen LogP contribution in [-0.2, 0) is 27.9 Å². The van der Waals surface area contributed by atoms with E-state index in [0.717, 1.165) is 50.0 Å². The predicted octanol–water partition coefficient (Wildman–Crippen LogP) is 5.00. The second-order valence-electron chi connectivity index (χ2n) is 14.2. The van der Waals surface area contributed by atoms with E-state index in [1.807, 2.05) is 20.8 Å². The van der Waals surface area contributed by atoms with Crippen LogP contribution in [-0.4, -0.2) is 75.7 Å². The van der Waals surface area contributed by atoms with Crippen molar-refractivity contribution in [2.75, 3.05) is 38.2 Å². The van der Waals surface area contributed by atoms with E-state index in [2.05, 4.69) is 4.90 Å². The molecule has 1 atom stereocenters. The number of hydrogen-bond acceptors (Lipinski definition) is 7. The zero-order chi connectivity index (χ0) is 33.7. The maximum Gasteiger partial charge on any atom is 0.410 e. The van der Waals surface area contributed by atoms with Gasteiger partial charge in [-0.25, -0.2) is 14.0 Å². The van der Waals surface area contributed by atoms with Gasteiger partial charge in [-0.05, 0) is 88.1 Å². The van der Waals surface area contributed by atoms with Crippen molar-refractivity contribution in [1.82, 2.24) is 18.9 Å². The lowest BCUT2D eigenvalue weighted by Gasteiger charge is -2.47. The molecule has 3 fully saturated rings. The molecular formula is C35H44FN5O6. The van der Waals surface area contributed by atoms with E-state index in [9.17, 15) is 19.2 Å². The quantitative estimate of drug-likeness (QED) is 0.359. The number of nitrogens with zero attached hydrogens (tertiary/aromatic N) is 5. The molecule has 0 saturated carbocycles. The van der Waals surface area contributed by atoms with Gasteiger partial charge in [0.2, 0.25) is 5.91 Å². The number of likely N-dealkylation sites (tertiary alicyclic amines) is 2. The van der Waals surface area contributed by atoms with Gasteiger partial charge in [0.05, 0.1) is 24.9 Å². The minimum Gasteiger partial charge on any atom is -0.497 e. The third kappa shape index (κ3) is 6.21. The average Bonchev–Trinajstić information content (AvgIpc) is 3.30. The smallest absolute Gasteiger partial charge is 0.410 e. The molecule has 0 bridgehead atoms. The lowest BCUT2D eigenvalue weighted by molar-refractivity contribution is -0.151. The van der Waals surface area contributed by atoms with Gasteiger partial charge < -0.3 is 19.3 Å². The summed E-state index contributed by atoms with van der Waals surface area (Å²) in [5.41, 5.74) is 1.09. The number of halogens is 1. The number of fused-ring (bicyclic) bond motifs is 1. The first-order valence-corrected chi connectivity index (χ1v) is 16.4. The first-order chi connectivity index (χ1) is 22.3. The Hall–Kier alpha value is -4.35. The van der Waals surface area contributed by atoms with E-state index in [0.29, 0.717) is 24.4 Å². The van der Waals surface area contributed by atoms with Crippen LogP contribution in [0.1, 0.15) is 70.9 Å². The number of imidazole rings is 1. The van der Waals surface area contributed by atoms with Crippen molar-refractivity contribution in [3.05, 3.63) is 58.3 Å². The third-order valence-corrected chi connectivity index (χ3v) is 10.1. The van der Waals surface area contributed by atoms with Gasteiger partial charge in [0.1, 0.15) is 28.7 Å². The Balaban J connectivity index is 1.22. The van der Waals surface area contributed by atoms with Crippen molar-refractivity contribution in [1.29, 1.82) is 0 Å². The topological polar surface area (TPSA) is 106 Å². The van der Waals surface area contributed by atoms with E-state index in [-0.39, 0.29) is 42.3 Å². The number of carbonyl (C=O) groups excluding carboxylic acids is 3. The third-order valence-electron chi connectivity index (χ3n) is 10.1. The van der Waals surface area contributed by atoms with Crippen molar-refractivity contribution in [3.63, 3.8) is 0 Å². The standard InChI is InChI=1S/C35H44FN5O6/c1-34(2,3)47-33(45)39-20-16-35(17-21-39)14-18-38(19-15-35)26-11-10-25(36)29-30(26)37(4)32(44)41(29)27-12-13-28(42)40(31(27)43)22-23-6-8-24(46-5)9-7-23/h6-11,27H,12-22H2,1-5H3/t27-/m1/s1. The van der Waals surface area contributed by atoms with E-state index in [1.54, 1.807) is 49.4 Å². The van der Waals surface area contributed by atoms with Gasteiger partial charge in [-0.3, -0.25) is 23.6 Å². The molecular weight excluding hydrogens is 605 g/mol. The van der Waals surface area contributed by atoms with Gasteiger partial charge in [-0.2, -0.15) is 0 Å². The van der Waals surface area contributed by atoms with Gasteiger partial charge in [0.15, 0.2) is 0 Å². The molecule has 0 aliphatic carbocycles. The highest BCUT2D eigenvalue weighted by molar-refractivity contribution is 6.00. The SMILES string of the molecule is COc1ccc(CN2C(=O)CC[C@@H](n3c(=O)n(C)c4c(N5CCC6(CCN(C(=O)OC(C)(C)C)CC6)CC5)ccc(F)c43)C2=O)cc1. The molecule has 47 heavy (non-hydrogen) atoms. The minimum atomic E-state index is -1.01. The largest absolute Gasteiger partial charge is 0.497 e.